The van der Waals surface area contributed by atoms with Gasteiger partial charge in [0, 0.05) is 50.3 Å². The highest BCUT2D eigenvalue weighted by atomic mass is 32.1. The summed E-state index contributed by atoms with van der Waals surface area (Å²) in [6.07, 6.45) is 1.27. The van der Waals surface area contributed by atoms with Gasteiger partial charge in [-0.15, -0.1) is 11.3 Å². The number of ether oxygens (including phenoxy) is 1. The first kappa shape index (κ1) is 21.8. The minimum absolute atomic E-state index is 0.276. The molecule has 29 heavy (non-hydrogen) atoms. The van der Waals surface area contributed by atoms with Gasteiger partial charge in [0.25, 0.3) is 0 Å². The van der Waals surface area contributed by atoms with Gasteiger partial charge in [0.15, 0.2) is 5.96 Å². The number of morpholine rings is 1. The molecule has 0 saturated carbocycles. The number of rotatable bonds is 8. The molecule has 2 unspecified atom stereocenters. The molecule has 3 rings (SSSR count). The monoisotopic (exact) mass is 418 g/mol. The molecule has 0 amide bonds. The average molecular weight is 419 g/mol. The van der Waals surface area contributed by atoms with Crippen LogP contribution < -0.4 is 10.6 Å². The number of hydrogen-bond acceptors (Lipinski definition) is 5. The summed E-state index contributed by atoms with van der Waals surface area (Å²) >= 11 is 1.82. The number of hydrogen-bond donors (Lipinski definition) is 2. The highest BCUT2D eigenvalue weighted by molar-refractivity contribution is 7.10. The molecule has 1 fully saturated rings. The van der Waals surface area contributed by atoms with Crippen molar-refractivity contribution in [2.24, 2.45) is 4.99 Å². The molecule has 2 N–H and O–H groups in total. The van der Waals surface area contributed by atoms with Crippen molar-refractivity contribution in [2.45, 2.75) is 45.9 Å². The summed E-state index contributed by atoms with van der Waals surface area (Å²) in [6.45, 7) is 11.6. The van der Waals surface area contributed by atoms with E-state index >= 15 is 0 Å². The molecule has 0 radical (unpaired) electrons. The van der Waals surface area contributed by atoms with Crippen LogP contribution in [0.25, 0.3) is 0 Å². The van der Waals surface area contributed by atoms with Crippen molar-refractivity contribution in [3.8, 4) is 0 Å². The molecule has 3 heterocycles. The first-order chi connectivity index (χ1) is 14.1. The normalized spacial score (nSPS) is 19.3. The van der Waals surface area contributed by atoms with E-state index in [2.05, 4.69) is 67.7 Å². The van der Waals surface area contributed by atoms with Crippen LogP contribution in [-0.2, 0) is 11.3 Å². The Bertz CT molecular complexity index is 772. The van der Waals surface area contributed by atoms with E-state index in [1.165, 1.54) is 10.6 Å². The Balaban J connectivity index is 1.49. The molecule has 2 atom stereocenters. The minimum Gasteiger partial charge on any atom is -0.376 e. The number of nitrogens with zero attached hydrogens (tertiary/aromatic N) is 4. The van der Waals surface area contributed by atoms with Gasteiger partial charge in [-0.05, 0) is 44.7 Å². The van der Waals surface area contributed by atoms with Gasteiger partial charge in [-0.2, -0.15) is 5.10 Å². The van der Waals surface area contributed by atoms with Crippen molar-refractivity contribution < 1.29 is 4.74 Å². The molecule has 1 saturated heterocycles. The molecular weight excluding hydrogens is 384 g/mol. The van der Waals surface area contributed by atoms with Crippen molar-refractivity contribution in [1.82, 2.24) is 25.3 Å². The molecule has 2 aromatic heterocycles. The molecule has 7 nitrogen and oxygen atoms in total. The van der Waals surface area contributed by atoms with E-state index in [0.29, 0.717) is 6.04 Å². The average Bonchev–Trinajstić information content (AvgIpc) is 3.33. The number of nitrogens with one attached hydrogen (secondary N) is 2. The number of guanidine groups is 1. The van der Waals surface area contributed by atoms with Gasteiger partial charge in [-0.1, -0.05) is 6.07 Å². The number of thiophene rings is 1. The van der Waals surface area contributed by atoms with E-state index in [9.17, 15) is 0 Å². The Labute approximate surface area is 178 Å². The third kappa shape index (κ3) is 6.29. The van der Waals surface area contributed by atoms with Gasteiger partial charge in [-0.25, -0.2) is 0 Å². The van der Waals surface area contributed by atoms with Crippen LogP contribution in [0, 0.1) is 13.8 Å². The second-order valence-corrected chi connectivity index (χ2v) is 8.57. The predicted octanol–water partition coefficient (Wildman–Crippen LogP) is 2.58. The van der Waals surface area contributed by atoms with Gasteiger partial charge < -0.3 is 15.4 Å². The van der Waals surface area contributed by atoms with Crippen LogP contribution in [0.3, 0.4) is 0 Å². The van der Waals surface area contributed by atoms with Crippen LogP contribution in [0.2, 0.25) is 0 Å². The SMILES string of the molecule is CN=C(NCCCn1nc(C)cc1C)NCC(c1cccs1)N1CCOC(C)C1. The summed E-state index contributed by atoms with van der Waals surface area (Å²) in [4.78, 5) is 8.30. The fraction of sp³-hybridized carbons (Fsp3) is 0.619. The molecule has 0 spiro atoms. The van der Waals surface area contributed by atoms with Gasteiger partial charge in [0.2, 0.25) is 0 Å². The van der Waals surface area contributed by atoms with Crippen LogP contribution in [0.5, 0.6) is 0 Å². The van der Waals surface area contributed by atoms with Crippen molar-refractivity contribution in [3.63, 3.8) is 0 Å². The predicted molar refractivity (Wildman–Crippen MR) is 120 cm³/mol. The number of aryl methyl sites for hydroxylation is 3. The second-order valence-electron chi connectivity index (χ2n) is 7.59. The molecular formula is C21H34N6OS. The van der Waals surface area contributed by atoms with Crippen molar-refractivity contribution in [3.05, 3.63) is 39.8 Å². The van der Waals surface area contributed by atoms with E-state index in [4.69, 9.17) is 4.74 Å². The smallest absolute Gasteiger partial charge is 0.191 e. The molecule has 0 aromatic carbocycles. The lowest BCUT2D eigenvalue weighted by Crippen LogP contribution is -2.48. The van der Waals surface area contributed by atoms with Crippen molar-refractivity contribution in [2.75, 3.05) is 39.8 Å². The lowest BCUT2D eigenvalue weighted by molar-refractivity contribution is -0.0334. The Hall–Kier alpha value is -1.90. The first-order valence-corrected chi connectivity index (χ1v) is 11.3. The number of aromatic nitrogens is 2. The van der Waals surface area contributed by atoms with Crippen molar-refractivity contribution in [1.29, 1.82) is 0 Å². The summed E-state index contributed by atoms with van der Waals surface area (Å²) in [5, 5.41) is 13.6. The molecule has 1 aliphatic heterocycles. The quantitative estimate of drug-likeness (QED) is 0.392. The third-order valence-corrected chi connectivity index (χ3v) is 6.19. The van der Waals surface area contributed by atoms with Gasteiger partial charge >= 0.3 is 0 Å². The topological polar surface area (TPSA) is 66.7 Å². The maximum Gasteiger partial charge on any atom is 0.191 e. The summed E-state index contributed by atoms with van der Waals surface area (Å²) in [7, 11) is 1.83. The fourth-order valence-corrected chi connectivity index (χ4v) is 4.63. The Morgan fingerprint density at radius 1 is 1.41 bits per heavy atom. The van der Waals surface area contributed by atoms with Crippen LogP contribution in [0.1, 0.15) is 35.7 Å². The highest BCUT2D eigenvalue weighted by Gasteiger charge is 2.26. The standard InChI is InChI=1S/C21H34N6OS/c1-16-13-17(2)27(25-16)9-6-8-23-21(22-4)24-14-19(20-7-5-12-29-20)26-10-11-28-18(3)15-26/h5,7,12-13,18-19H,6,8-11,14-15H2,1-4H3,(H2,22,23,24). The number of aliphatic imine (C=N–C) groups is 1. The maximum atomic E-state index is 5.73. The first-order valence-electron chi connectivity index (χ1n) is 10.4. The van der Waals surface area contributed by atoms with Crippen LogP contribution >= 0.6 is 11.3 Å². The van der Waals surface area contributed by atoms with Crippen LogP contribution in [0.4, 0.5) is 0 Å². The molecule has 0 aliphatic carbocycles. The Morgan fingerprint density at radius 3 is 2.93 bits per heavy atom. The molecule has 2 aromatic rings. The highest BCUT2D eigenvalue weighted by Crippen LogP contribution is 2.26. The Kier molecular flexibility index (Phi) is 8.09. The van der Waals surface area contributed by atoms with E-state index in [1.54, 1.807) is 0 Å². The fourth-order valence-electron chi connectivity index (χ4n) is 3.77. The minimum atomic E-state index is 0.276. The largest absolute Gasteiger partial charge is 0.376 e. The molecule has 8 heteroatoms. The van der Waals surface area contributed by atoms with Crippen molar-refractivity contribution >= 4 is 17.3 Å². The molecule has 1 aliphatic rings. The lowest BCUT2D eigenvalue weighted by atomic mass is 10.1. The summed E-state index contributed by atoms with van der Waals surface area (Å²) < 4.78 is 7.80. The van der Waals surface area contributed by atoms with E-state index in [0.717, 1.165) is 57.4 Å². The Morgan fingerprint density at radius 2 is 2.28 bits per heavy atom. The zero-order chi connectivity index (χ0) is 20.6. The van der Waals surface area contributed by atoms with E-state index < -0.39 is 0 Å². The van der Waals surface area contributed by atoms with Gasteiger partial charge in [0.1, 0.15) is 0 Å². The second kappa shape index (κ2) is 10.8. The summed E-state index contributed by atoms with van der Waals surface area (Å²) in [6, 6.07) is 6.80. The zero-order valence-electron chi connectivity index (χ0n) is 18.0. The summed E-state index contributed by atoms with van der Waals surface area (Å²) in [5.74, 6) is 0.848. The van der Waals surface area contributed by atoms with Gasteiger partial charge in [-0.3, -0.25) is 14.6 Å². The molecule has 0 bridgehead atoms. The molecule has 160 valence electrons. The van der Waals surface area contributed by atoms with Crippen LogP contribution in [-0.4, -0.2) is 66.6 Å². The van der Waals surface area contributed by atoms with Gasteiger partial charge in [0.05, 0.1) is 24.4 Å². The maximum absolute atomic E-state index is 5.73. The summed E-state index contributed by atoms with van der Waals surface area (Å²) in [5.41, 5.74) is 2.29. The van der Waals surface area contributed by atoms with E-state index in [-0.39, 0.29) is 6.10 Å². The lowest BCUT2D eigenvalue weighted by Gasteiger charge is -2.37. The van der Waals surface area contributed by atoms with Crippen LogP contribution in [0.15, 0.2) is 28.6 Å². The third-order valence-electron chi connectivity index (χ3n) is 5.21. The van der Waals surface area contributed by atoms with E-state index in [1.807, 2.05) is 25.3 Å². The zero-order valence-corrected chi connectivity index (χ0v) is 18.8.